The molecule has 0 spiro atoms. The Hall–Kier alpha value is -1.97. The molecule has 1 aliphatic carbocycles. The van der Waals surface area contributed by atoms with Crippen LogP contribution in [-0.4, -0.2) is 16.4 Å². The summed E-state index contributed by atoms with van der Waals surface area (Å²) in [5, 5.41) is 4.59. The second-order valence-electron chi connectivity index (χ2n) is 4.61. The van der Waals surface area contributed by atoms with Crippen LogP contribution >= 0.6 is 0 Å². The maximum absolute atomic E-state index is 5.86. The van der Waals surface area contributed by atoms with Crippen LogP contribution in [0.15, 0.2) is 30.5 Å². The maximum Gasteiger partial charge on any atom is 0.144 e. The van der Waals surface area contributed by atoms with E-state index in [1.807, 2.05) is 36.0 Å². The minimum absolute atomic E-state index is 0.611. The number of nitrogen functional groups attached to an aromatic ring is 1. The van der Waals surface area contributed by atoms with Crippen LogP contribution < -0.4 is 10.5 Å². The van der Waals surface area contributed by atoms with Gasteiger partial charge < -0.3 is 10.5 Å². The molecule has 1 aliphatic rings. The fraction of sp³-hybridized carbons (Fsp3) is 0.357. The number of ether oxygens (including phenoxy) is 1. The summed E-state index contributed by atoms with van der Waals surface area (Å²) in [6.07, 6.45) is 4.53. The number of benzene rings is 1. The van der Waals surface area contributed by atoms with E-state index >= 15 is 0 Å². The molecule has 1 saturated carbocycles. The van der Waals surface area contributed by atoms with Crippen LogP contribution in [0.4, 0.5) is 5.69 Å². The third-order valence-electron chi connectivity index (χ3n) is 3.17. The minimum atomic E-state index is 0.611. The molecule has 3 rings (SSSR count). The Balaban J connectivity index is 1.91. The van der Waals surface area contributed by atoms with E-state index in [2.05, 4.69) is 11.2 Å². The first-order valence-electron chi connectivity index (χ1n) is 6.36. The summed E-state index contributed by atoms with van der Waals surface area (Å²) >= 11 is 0. The highest BCUT2D eigenvalue weighted by molar-refractivity contribution is 5.57. The lowest BCUT2D eigenvalue weighted by atomic mass is 10.2. The van der Waals surface area contributed by atoms with Crippen molar-refractivity contribution in [1.82, 2.24) is 9.78 Å². The van der Waals surface area contributed by atoms with Crippen LogP contribution in [0.5, 0.6) is 5.75 Å². The molecule has 2 aromatic rings. The van der Waals surface area contributed by atoms with Gasteiger partial charge >= 0.3 is 0 Å². The van der Waals surface area contributed by atoms with Gasteiger partial charge in [0.2, 0.25) is 0 Å². The Morgan fingerprint density at radius 2 is 2.22 bits per heavy atom. The monoisotopic (exact) mass is 243 g/mol. The molecule has 0 atom stereocenters. The van der Waals surface area contributed by atoms with Crippen molar-refractivity contribution in [2.75, 3.05) is 12.3 Å². The van der Waals surface area contributed by atoms with Gasteiger partial charge in [-0.2, -0.15) is 5.10 Å². The lowest BCUT2D eigenvalue weighted by Crippen LogP contribution is -2.00. The van der Waals surface area contributed by atoms with Gasteiger partial charge in [0.15, 0.2) is 0 Å². The van der Waals surface area contributed by atoms with E-state index < -0.39 is 0 Å². The molecule has 0 radical (unpaired) electrons. The Morgan fingerprint density at radius 1 is 1.39 bits per heavy atom. The second-order valence-corrected chi connectivity index (χ2v) is 4.61. The van der Waals surface area contributed by atoms with Crippen LogP contribution in [0.3, 0.4) is 0 Å². The first-order chi connectivity index (χ1) is 8.78. The average Bonchev–Trinajstić information content (AvgIpc) is 3.11. The van der Waals surface area contributed by atoms with Crippen molar-refractivity contribution < 1.29 is 4.74 Å². The summed E-state index contributed by atoms with van der Waals surface area (Å²) in [7, 11) is 0. The van der Waals surface area contributed by atoms with E-state index in [1.54, 1.807) is 0 Å². The molecular weight excluding hydrogens is 226 g/mol. The van der Waals surface area contributed by atoms with Gasteiger partial charge in [0.1, 0.15) is 5.75 Å². The summed E-state index contributed by atoms with van der Waals surface area (Å²) in [5.41, 5.74) is 8.70. The molecule has 4 nitrogen and oxygen atoms in total. The first kappa shape index (κ1) is 11.1. The standard InChI is InChI=1S/C14H17N3O/c1-2-18-14-9-11(5-6-12(14)15)17-8-7-13(16-17)10-3-4-10/h5-10H,2-4,15H2,1H3. The highest BCUT2D eigenvalue weighted by Gasteiger charge is 2.25. The third kappa shape index (κ3) is 2.06. The van der Waals surface area contributed by atoms with Gasteiger partial charge in [-0.05, 0) is 38.0 Å². The Morgan fingerprint density at radius 3 is 2.94 bits per heavy atom. The number of hydrogen-bond acceptors (Lipinski definition) is 3. The van der Waals surface area contributed by atoms with E-state index in [-0.39, 0.29) is 0 Å². The molecule has 94 valence electrons. The van der Waals surface area contributed by atoms with Gasteiger partial charge in [0, 0.05) is 18.2 Å². The van der Waals surface area contributed by atoms with E-state index in [0.717, 1.165) is 11.4 Å². The normalized spacial score (nSPS) is 14.7. The lowest BCUT2D eigenvalue weighted by Gasteiger charge is -2.09. The first-order valence-corrected chi connectivity index (χ1v) is 6.36. The molecule has 0 unspecified atom stereocenters. The summed E-state index contributed by atoms with van der Waals surface area (Å²) in [4.78, 5) is 0. The molecule has 1 aromatic carbocycles. The van der Waals surface area contributed by atoms with Crippen LogP contribution in [-0.2, 0) is 0 Å². The number of hydrogen-bond donors (Lipinski definition) is 1. The van der Waals surface area contributed by atoms with Crippen LogP contribution in [0.25, 0.3) is 5.69 Å². The van der Waals surface area contributed by atoms with Crippen molar-refractivity contribution in [2.24, 2.45) is 0 Å². The van der Waals surface area contributed by atoms with Crippen molar-refractivity contribution in [2.45, 2.75) is 25.7 Å². The topological polar surface area (TPSA) is 53.1 Å². The quantitative estimate of drug-likeness (QED) is 0.840. The van der Waals surface area contributed by atoms with E-state index in [9.17, 15) is 0 Å². The third-order valence-corrected chi connectivity index (χ3v) is 3.17. The molecule has 0 bridgehead atoms. The highest BCUT2D eigenvalue weighted by atomic mass is 16.5. The van der Waals surface area contributed by atoms with Crippen molar-refractivity contribution >= 4 is 5.69 Å². The van der Waals surface area contributed by atoms with Gasteiger partial charge in [0.05, 0.1) is 23.7 Å². The molecule has 1 fully saturated rings. The van der Waals surface area contributed by atoms with Gasteiger partial charge in [0.25, 0.3) is 0 Å². The predicted octanol–water partition coefficient (Wildman–Crippen LogP) is 2.73. The smallest absolute Gasteiger partial charge is 0.144 e. The van der Waals surface area contributed by atoms with Crippen molar-refractivity contribution in [3.63, 3.8) is 0 Å². The number of nitrogens with two attached hydrogens (primary N) is 1. The van der Waals surface area contributed by atoms with Crippen LogP contribution in [0.1, 0.15) is 31.4 Å². The Kier molecular flexibility index (Phi) is 2.70. The van der Waals surface area contributed by atoms with Crippen molar-refractivity contribution in [3.05, 3.63) is 36.2 Å². The van der Waals surface area contributed by atoms with E-state index in [4.69, 9.17) is 10.5 Å². The number of aromatic nitrogens is 2. The SMILES string of the molecule is CCOc1cc(-n2ccc(C3CC3)n2)ccc1N. The summed E-state index contributed by atoms with van der Waals surface area (Å²) < 4.78 is 7.38. The summed E-state index contributed by atoms with van der Waals surface area (Å²) in [5.74, 6) is 1.39. The van der Waals surface area contributed by atoms with Gasteiger partial charge in [-0.3, -0.25) is 0 Å². The fourth-order valence-corrected chi connectivity index (χ4v) is 2.02. The van der Waals surface area contributed by atoms with Crippen LogP contribution in [0, 0.1) is 0 Å². The number of rotatable bonds is 4. The Bertz CT molecular complexity index is 558. The van der Waals surface area contributed by atoms with Crippen molar-refractivity contribution in [3.8, 4) is 11.4 Å². The van der Waals surface area contributed by atoms with Gasteiger partial charge in [-0.1, -0.05) is 0 Å². The summed E-state index contributed by atoms with van der Waals surface area (Å²) in [6.45, 7) is 2.56. The zero-order valence-corrected chi connectivity index (χ0v) is 10.5. The molecular formula is C14H17N3O. The zero-order chi connectivity index (χ0) is 12.5. The molecule has 0 aliphatic heterocycles. The predicted molar refractivity (Wildman–Crippen MR) is 71.1 cm³/mol. The molecule has 0 saturated heterocycles. The molecule has 1 heterocycles. The van der Waals surface area contributed by atoms with E-state index in [0.29, 0.717) is 18.2 Å². The average molecular weight is 243 g/mol. The number of anilines is 1. The molecule has 2 N–H and O–H groups in total. The second kappa shape index (κ2) is 4.37. The molecule has 18 heavy (non-hydrogen) atoms. The number of nitrogens with zero attached hydrogens (tertiary/aromatic N) is 2. The molecule has 4 heteroatoms. The Labute approximate surface area is 106 Å². The zero-order valence-electron chi connectivity index (χ0n) is 10.5. The van der Waals surface area contributed by atoms with Gasteiger partial charge in [-0.25, -0.2) is 4.68 Å². The fourth-order valence-electron chi connectivity index (χ4n) is 2.02. The minimum Gasteiger partial charge on any atom is -0.492 e. The van der Waals surface area contributed by atoms with Gasteiger partial charge in [-0.15, -0.1) is 0 Å². The highest BCUT2D eigenvalue weighted by Crippen LogP contribution is 2.39. The molecule has 1 aromatic heterocycles. The lowest BCUT2D eigenvalue weighted by molar-refractivity contribution is 0.342. The summed E-state index contributed by atoms with van der Waals surface area (Å²) in [6, 6.07) is 7.84. The maximum atomic E-state index is 5.86. The molecule has 0 amide bonds. The van der Waals surface area contributed by atoms with Crippen LogP contribution in [0.2, 0.25) is 0 Å². The van der Waals surface area contributed by atoms with Crippen molar-refractivity contribution in [1.29, 1.82) is 0 Å². The van der Waals surface area contributed by atoms with E-state index in [1.165, 1.54) is 18.5 Å². The largest absolute Gasteiger partial charge is 0.492 e.